The van der Waals surface area contributed by atoms with Gasteiger partial charge in [0, 0.05) is 45.7 Å². The Morgan fingerprint density at radius 2 is 1.72 bits per heavy atom. The number of benzene rings is 2. The van der Waals surface area contributed by atoms with Gasteiger partial charge in [0.1, 0.15) is 11.9 Å². The Bertz CT molecular complexity index is 879. The molecule has 2 atom stereocenters. The third-order valence-electron chi connectivity index (χ3n) is 6.04. The summed E-state index contributed by atoms with van der Waals surface area (Å²) in [4.78, 5) is 4.81. The molecule has 0 amide bonds. The van der Waals surface area contributed by atoms with Crippen LogP contribution in [0.15, 0.2) is 36.4 Å². The van der Waals surface area contributed by atoms with Gasteiger partial charge in [-0.2, -0.15) is 0 Å². The van der Waals surface area contributed by atoms with Gasteiger partial charge in [-0.1, -0.05) is 12.1 Å². The summed E-state index contributed by atoms with van der Waals surface area (Å²) in [7, 11) is 0. The fraction of sp³-hybridized carbons (Fsp3) is 0.478. The van der Waals surface area contributed by atoms with Crippen LogP contribution in [-0.2, 0) is 13.0 Å². The van der Waals surface area contributed by atoms with E-state index in [-0.39, 0.29) is 6.10 Å². The van der Waals surface area contributed by atoms with E-state index in [4.69, 9.17) is 14.2 Å². The molecule has 2 aromatic rings. The van der Waals surface area contributed by atoms with E-state index in [0.717, 1.165) is 62.0 Å². The first-order chi connectivity index (χ1) is 14.1. The molecule has 0 saturated carbocycles. The molecule has 29 heavy (non-hydrogen) atoms. The molecule has 6 nitrogen and oxygen atoms in total. The fourth-order valence-electron chi connectivity index (χ4n) is 4.43. The second-order valence-corrected chi connectivity index (χ2v) is 8.28. The van der Waals surface area contributed by atoms with Gasteiger partial charge in [0.15, 0.2) is 11.5 Å². The standard InChI is InChI=1S/C23H28N2O4/c1-16-10-19-12-18(3-5-21(19)29-16)20(26)14-25-8-6-24(7-9-25)13-17-2-4-22-23(11-17)28-15-27-22/h2-5,11-12,16,20,26H,6-10,13-15H2,1H3/t16-,20-/m0/s1. The molecule has 1 N–H and O–H groups in total. The van der Waals surface area contributed by atoms with Crippen LogP contribution in [0.3, 0.4) is 0 Å². The van der Waals surface area contributed by atoms with E-state index in [1.807, 2.05) is 18.2 Å². The first-order valence-corrected chi connectivity index (χ1v) is 10.4. The zero-order valence-electron chi connectivity index (χ0n) is 16.8. The monoisotopic (exact) mass is 396 g/mol. The summed E-state index contributed by atoms with van der Waals surface area (Å²) in [5.74, 6) is 2.64. The van der Waals surface area contributed by atoms with Crippen molar-refractivity contribution in [3.63, 3.8) is 0 Å². The van der Waals surface area contributed by atoms with Crippen LogP contribution < -0.4 is 14.2 Å². The summed E-state index contributed by atoms with van der Waals surface area (Å²) < 4.78 is 16.6. The quantitative estimate of drug-likeness (QED) is 0.839. The fourth-order valence-corrected chi connectivity index (χ4v) is 4.43. The molecule has 6 heteroatoms. The van der Waals surface area contributed by atoms with Crippen LogP contribution in [0.2, 0.25) is 0 Å². The third-order valence-corrected chi connectivity index (χ3v) is 6.04. The number of hydrogen-bond acceptors (Lipinski definition) is 6. The van der Waals surface area contributed by atoms with Gasteiger partial charge in [0.2, 0.25) is 6.79 Å². The zero-order valence-corrected chi connectivity index (χ0v) is 16.8. The maximum Gasteiger partial charge on any atom is 0.231 e. The molecule has 0 radical (unpaired) electrons. The summed E-state index contributed by atoms with van der Waals surface area (Å²) in [5.41, 5.74) is 3.45. The lowest BCUT2D eigenvalue weighted by atomic mass is 10.0. The number of fused-ring (bicyclic) bond motifs is 2. The molecule has 0 aromatic heterocycles. The summed E-state index contributed by atoms with van der Waals surface area (Å²) in [6.45, 7) is 7.91. The lowest BCUT2D eigenvalue weighted by molar-refractivity contribution is 0.0700. The minimum absolute atomic E-state index is 0.232. The van der Waals surface area contributed by atoms with Gasteiger partial charge in [-0.05, 0) is 47.9 Å². The molecule has 3 heterocycles. The first-order valence-electron chi connectivity index (χ1n) is 10.4. The lowest BCUT2D eigenvalue weighted by Crippen LogP contribution is -2.47. The Hall–Kier alpha value is -2.28. The highest BCUT2D eigenvalue weighted by Gasteiger charge is 2.23. The number of hydrogen-bond donors (Lipinski definition) is 1. The van der Waals surface area contributed by atoms with E-state index < -0.39 is 6.10 Å². The SMILES string of the molecule is C[C@H]1Cc2cc([C@@H](O)CN3CCN(Cc4ccc5c(c4)OCO5)CC3)ccc2O1. The van der Waals surface area contributed by atoms with Gasteiger partial charge in [-0.25, -0.2) is 0 Å². The third kappa shape index (κ3) is 4.06. The molecule has 0 spiro atoms. The maximum absolute atomic E-state index is 10.7. The highest BCUT2D eigenvalue weighted by Crippen LogP contribution is 2.33. The molecule has 3 aliphatic heterocycles. The number of ether oxygens (including phenoxy) is 3. The van der Waals surface area contributed by atoms with E-state index in [0.29, 0.717) is 13.3 Å². The van der Waals surface area contributed by atoms with Crippen LogP contribution in [0.4, 0.5) is 0 Å². The average molecular weight is 396 g/mol. The van der Waals surface area contributed by atoms with Gasteiger partial charge in [0.05, 0.1) is 6.10 Å². The molecule has 0 bridgehead atoms. The van der Waals surface area contributed by atoms with Crippen LogP contribution in [0.5, 0.6) is 17.2 Å². The van der Waals surface area contributed by atoms with Crippen molar-refractivity contribution >= 4 is 0 Å². The van der Waals surface area contributed by atoms with Crippen LogP contribution in [-0.4, -0.2) is 60.5 Å². The summed E-state index contributed by atoms with van der Waals surface area (Å²) in [6.07, 6.45) is 0.695. The largest absolute Gasteiger partial charge is 0.490 e. The number of aliphatic hydroxyl groups is 1. The Labute approximate surface area is 171 Å². The van der Waals surface area contributed by atoms with E-state index in [1.54, 1.807) is 0 Å². The van der Waals surface area contributed by atoms with Gasteiger partial charge >= 0.3 is 0 Å². The van der Waals surface area contributed by atoms with Crippen molar-refractivity contribution in [2.24, 2.45) is 0 Å². The zero-order chi connectivity index (χ0) is 19.8. The average Bonchev–Trinajstić information content (AvgIpc) is 3.33. The van der Waals surface area contributed by atoms with Crippen molar-refractivity contribution in [3.8, 4) is 17.2 Å². The molecule has 5 rings (SSSR count). The van der Waals surface area contributed by atoms with Crippen molar-refractivity contribution in [1.82, 2.24) is 9.80 Å². The van der Waals surface area contributed by atoms with Gasteiger partial charge in [-0.15, -0.1) is 0 Å². The Morgan fingerprint density at radius 3 is 2.59 bits per heavy atom. The van der Waals surface area contributed by atoms with E-state index in [9.17, 15) is 5.11 Å². The maximum atomic E-state index is 10.7. The Kier molecular flexibility index (Phi) is 5.08. The van der Waals surface area contributed by atoms with E-state index in [1.165, 1.54) is 11.1 Å². The number of aliphatic hydroxyl groups excluding tert-OH is 1. The number of piperazine rings is 1. The first kappa shape index (κ1) is 18.7. The second-order valence-electron chi connectivity index (χ2n) is 8.28. The van der Waals surface area contributed by atoms with Crippen LogP contribution in [0.1, 0.15) is 29.7 Å². The van der Waals surface area contributed by atoms with Crippen molar-refractivity contribution in [1.29, 1.82) is 0 Å². The number of rotatable bonds is 5. The predicted molar refractivity (Wildman–Crippen MR) is 109 cm³/mol. The molecule has 1 saturated heterocycles. The van der Waals surface area contributed by atoms with Crippen molar-refractivity contribution < 1.29 is 19.3 Å². The Morgan fingerprint density at radius 1 is 0.966 bits per heavy atom. The van der Waals surface area contributed by atoms with Gasteiger partial charge < -0.3 is 19.3 Å². The number of β-amino-alcohol motifs (C(OH)–C–C–N with tert-alkyl or cyclic N) is 1. The molecular weight excluding hydrogens is 368 g/mol. The van der Waals surface area contributed by atoms with Gasteiger partial charge in [-0.3, -0.25) is 9.80 Å². The molecule has 1 fully saturated rings. The van der Waals surface area contributed by atoms with Crippen molar-refractivity contribution in [3.05, 3.63) is 53.1 Å². The predicted octanol–water partition coefficient (Wildman–Crippen LogP) is 2.59. The molecule has 154 valence electrons. The molecular formula is C23H28N2O4. The number of nitrogens with zero attached hydrogens (tertiary/aromatic N) is 2. The van der Waals surface area contributed by atoms with Crippen molar-refractivity contribution in [2.75, 3.05) is 39.5 Å². The topological polar surface area (TPSA) is 54.4 Å². The summed E-state index contributed by atoms with van der Waals surface area (Å²) in [5, 5.41) is 10.7. The van der Waals surface area contributed by atoms with E-state index >= 15 is 0 Å². The lowest BCUT2D eigenvalue weighted by Gasteiger charge is -2.35. The van der Waals surface area contributed by atoms with Crippen LogP contribution in [0, 0.1) is 0 Å². The molecule has 0 unspecified atom stereocenters. The molecule has 2 aromatic carbocycles. The van der Waals surface area contributed by atoms with Crippen LogP contribution >= 0.6 is 0 Å². The van der Waals surface area contributed by atoms with Crippen LogP contribution in [0.25, 0.3) is 0 Å². The minimum atomic E-state index is -0.461. The van der Waals surface area contributed by atoms with Crippen molar-refractivity contribution in [2.45, 2.75) is 32.1 Å². The highest BCUT2D eigenvalue weighted by molar-refractivity contribution is 5.44. The smallest absolute Gasteiger partial charge is 0.231 e. The normalized spacial score (nSPS) is 22.3. The molecule has 0 aliphatic carbocycles. The Balaban J connectivity index is 1.13. The summed E-state index contributed by atoms with van der Waals surface area (Å²) >= 11 is 0. The summed E-state index contributed by atoms with van der Waals surface area (Å²) in [6, 6.07) is 12.3. The highest BCUT2D eigenvalue weighted by atomic mass is 16.7. The molecule has 3 aliphatic rings. The van der Waals surface area contributed by atoms with Gasteiger partial charge in [0.25, 0.3) is 0 Å². The van der Waals surface area contributed by atoms with E-state index in [2.05, 4.69) is 34.9 Å². The second kappa shape index (κ2) is 7.86. The minimum Gasteiger partial charge on any atom is -0.490 e.